The summed E-state index contributed by atoms with van der Waals surface area (Å²) in [7, 11) is 0. The number of amides is 2. The number of anilines is 1. The van der Waals surface area contributed by atoms with E-state index in [2.05, 4.69) is 0 Å². The van der Waals surface area contributed by atoms with E-state index in [1.165, 1.54) is 24.3 Å². The highest BCUT2D eigenvalue weighted by Crippen LogP contribution is 2.32. The van der Waals surface area contributed by atoms with Crippen LogP contribution in [-0.4, -0.2) is 22.9 Å². The van der Waals surface area contributed by atoms with Crippen LogP contribution in [0.5, 0.6) is 0 Å². The maximum absolute atomic E-state index is 12.5. The summed E-state index contributed by atoms with van der Waals surface area (Å²) in [6.07, 6.45) is 0. The van der Waals surface area contributed by atoms with Gasteiger partial charge in [0, 0.05) is 5.02 Å². The smallest absolute Gasteiger partial charge is 0.335 e. The standard InChI is InChI=1S/C16H10ClNO4/c1-8-2-4-10(17)7-13(8)18-14(19)11-5-3-9(16(21)22)6-12(11)15(18)20/h2-7H,1H3,(H,21,22). The fourth-order valence-electron chi connectivity index (χ4n) is 2.42. The number of fused-ring (bicyclic) bond motifs is 1. The summed E-state index contributed by atoms with van der Waals surface area (Å²) in [5.74, 6) is -2.18. The second-order valence-electron chi connectivity index (χ2n) is 4.94. The number of rotatable bonds is 2. The van der Waals surface area contributed by atoms with Gasteiger partial charge in [-0.3, -0.25) is 9.59 Å². The molecule has 1 aliphatic heterocycles. The molecule has 1 N–H and O–H groups in total. The van der Waals surface area contributed by atoms with Crippen molar-refractivity contribution >= 4 is 35.1 Å². The topological polar surface area (TPSA) is 74.7 Å². The van der Waals surface area contributed by atoms with E-state index in [-0.39, 0.29) is 16.7 Å². The average molecular weight is 316 g/mol. The highest BCUT2D eigenvalue weighted by atomic mass is 35.5. The normalized spacial score (nSPS) is 13.5. The van der Waals surface area contributed by atoms with E-state index in [0.717, 1.165) is 10.5 Å². The Labute approximate surface area is 130 Å². The zero-order chi connectivity index (χ0) is 16.0. The Morgan fingerprint density at radius 1 is 1.05 bits per heavy atom. The van der Waals surface area contributed by atoms with Gasteiger partial charge in [-0.1, -0.05) is 17.7 Å². The molecule has 1 aliphatic rings. The van der Waals surface area contributed by atoms with Gasteiger partial charge in [0.15, 0.2) is 0 Å². The molecule has 5 nitrogen and oxygen atoms in total. The van der Waals surface area contributed by atoms with Gasteiger partial charge in [0.1, 0.15) is 0 Å². The van der Waals surface area contributed by atoms with Crippen LogP contribution in [0.4, 0.5) is 5.69 Å². The van der Waals surface area contributed by atoms with Crippen LogP contribution in [0, 0.1) is 6.92 Å². The first kappa shape index (κ1) is 14.3. The van der Waals surface area contributed by atoms with Crippen LogP contribution in [0.15, 0.2) is 36.4 Å². The Morgan fingerprint density at radius 2 is 1.73 bits per heavy atom. The van der Waals surface area contributed by atoms with Gasteiger partial charge in [-0.25, -0.2) is 9.69 Å². The van der Waals surface area contributed by atoms with E-state index in [1.807, 2.05) is 0 Å². The van der Waals surface area contributed by atoms with Crippen molar-refractivity contribution in [3.63, 3.8) is 0 Å². The number of carboxylic acids is 1. The van der Waals surface area contributed by atoms with Gasteiger partial charge in [0.05, 0.1) is 22.4 Å². The van der Waals surface area contributed by atoms with E-state index in [4.69, 9.17) is 16.7 Å². The number of carboxylic acid groups (broad SMARTS) is 1. The molecular weight excluding hydrogens is 306 g/mol. The number of carbonyl (C=O) groups is 3. The number of hydrogen-bond donors (Lipinski definition) is 1. The predicted molar refractivity (Wildman–Crippen MR) is 80.7 cm³/mol. The maximum Gasteiger partial charge on any atom is 0.335 e. The minimum atomic E-state index is -1.15. The van der Waals surface area contributed by atoms with Crippen LogP contribution < -0.4 is 4.90 Å². The Hall–Kier alpha value is -2.66. The number of hydrogen-bond acceptors (Lipinski definition) is 3. The minimum Gasteiger partial charge on any atom is -0.478 e. The molecule has 0 fully saturated rings. The monoisotopic (exact) mass is 315 g/mol. The van der Waals surface area contributed by atoms with Gasteiger partial charge in [-0.2, -0.15) is 0 Å². The highest BCUT2D eigenvalue weighted by Gasteiger charge is 2.37. The fourth-order valence-corrected chi connectivity index (χ4v) is 2.58. The van der Waals surface area contributed by atoms with Gasteiger partial charge in [-0.15, -0.1) is 0 Å². The number of benzene rings is 2. The van der Waals surface area contributed by atoms with Crippen molar-refractivity contribution in [2.45, 2.75) is 6.92 Å². The molecule has 1 heterocycles. The second kappa shape index (κ2) is 4.96. The SMILES string of the molecule is Cc1ccc(Cl)cc1N1C(=O)c2ccc(C(=O)O)cc2C1=O. The lowest BCUT2D eigenvalue weighted by Gasteiger charge is -2.16. The number of nitrogens with zero attached hydrogens (tertiary/aromatic N) is 1. The summed E-state index contributed by atoms with van der Waals surface area (Å²) < 4.78 is 0. The van der Waals surface area contributed by atoms with E-state index in [0.29, 0.717) is 10.7 Å². The maximum atomic E-state index is 12.5. The zero-order valence-electron chi connectivity index (χ0n) is 11.5. The molecule has 0 aliphatic carbocycles. The van der Waals surface area contributed by atoms with Crippen molar-refractivity contribution in [1.29, 1.82) is 0 Å². The third kappa shape index (κ3) is 2.07. The number of carbonyl (C=O) groups excluding carboxylic acids is 2. The molecule has 110 valence electrons. The van der Waals surface area contributed by atoms with E-state index in [9.17, 15) is 14.4 Å². The molecule has 0 spiro atoms. The van der Waals surface area contributed by atoms with Crippen LogP contribution in [0.1, 0.15) is 36.6 Å². The molecule has 3 rings (SSSR count). The minimum absolute atomic E-state index is 0.0374. The first-order valence-electron chi connectivity index (χ1n) is 6.42. The van der Waals surface area contributed by atoms with Crippen molar-refractivity contribution in [3.8, 4) is 0 Å². The van der Waals surface area contributed by atoms with Crippen molar-refractivity contribution in [1.82, 2.24) is 0 Å². The summed E-state index contributed by atoms with van der Waals surface area (Å²) in [5.41, 5.74) is 1.36. The Balaban J connectivity index is 2.14. The Morgan fingerprint density at radius 3 is 2.41 bits per heavy atom. The lowest BCUT2D eigenvalue weighted by Crippen LogP contribution is -2.30. The third-order valence-electron chi connectivity index (χ3n) is 3.55. The zero-order valence-corrected chi connectivity index (χ0v) is 12.2. The summed E-state index contributed by atoms with van der Waals surface area (Å²) in [4.78, 5) is 37.0. The fraction of sp³-hybridized carbons (Fsp3) is 0.0625. The van der Waals surface area contributed by atoms with Crippen molar-refractivity contribution in [2.75, 3.05) is 4.90 Å². The first-order chi connectivity index (χ1) is 10.4. The lowest BCUT2D eigenvalue weighted by molar-refractivity contribution is 0.0696. The predicted octanol–water partition coefficient (Wildman–Crippen LogP) is 3.15. The van der Waals surface area contributed by atoms with Crippen molar-refractivity contribution in [3.05, 3.63) is 63.7 Å². The summed E-state index contributed by atoms with van der Waals surface area (Å²) in [6.45, 7) is 1.76. The van der Waals surface area contributed by atoms with E-state index >= 15 is 0 Å². The van der Waals surface area contributed by atoms with Gasteiger partial charge >= 0.3 is 5.97 Å². The summed E-state index contributed by atoms with van der Waals surface area (Å²) in [5, 5.41) is 9.41. The summed E-state index contributed by atoms with van der Waals surface area (Å²) >= 11 is 5.94. The average Bonchev–Trinajstić information content (AvgIpc) is 2.73. The molecule has 6 heteroatoms. The molecule has 0 aromatic heterocycles. The Kier molecular flexibility index (Phi) is 3.22. The van der Waals surface area contributed by atoms with E-state index < -0.39 is 17.8 Å². The van der Waals surface area contributed by atoms with Crippen molar-refractivity contribution < 1.29 is 19.5 Å². The largest absolute Gasteiger partial charge is 0.478 e. The molecule has 0 radical (unpaired) electrons. The number of halogens is 1. The molecule has 2 amide bonds. The van der Waals surface area contributed by atoms with Crippen LogP contribution in [0.3, 0.4) is 0 Å². The molecule has 0 saturated carbocycles. The molecule has 22 heavy (non-hydrogen) atoms. The lowest BCUT2D eigenvalue weighted by atomic mass is 10.1. The molecule has 2 aromatic carbocycles. The van der Waals surface area contributed by atoms with Gasteiger partial charge in [0.2, 0.25) is 0 Å². The molecule has 0 bridgehead atoms. The third-order valence-corrected chi connectivity index (χ3v) is 3.78. The number of aryl methyl sites for hydroxylation is 1. The van der Waals surface area contributed by atoms with Crippen LogP contribution in [0.2, 0.25) is 5.02 Å². The van der Waals surface area contributed by atoms with Gasteiger partial charge in [-0.05, 0) is 42.8 Å². The molecule has 0 saturated heterocycles. The molecule has 2 aromatic rings. The number of aromatic carboxylic acids is 1. The van der Waals surface area contributed by atoms with Crippen LogP contribution in [-0.2, 0) is 0 Å². The quantitative estimate of drug-likeness (QED) is 0.864. The first-order valence-corrected chi connectivity index (χ1v) is 6.80. The molecular formula is C16H10ClNO4. The highest BCUT2D eigenvalue weighted by molar-refractivity contribution is 6.36. The van der Waals surface area contributed by atoms with Gasteiger partial charge < -0.3 is 5.11 Å². The summed E-state index contributed by atoms with van der Waals surface area (Å²) in [6, 6.07) is 8.80. The number of imide groups is 1. The molecule has 0 unspecified atom stereocenters. The second-order valence-corrected chi connectivity index (χ2v) is 5.38. The molecule has 0 atom stereocenters. The van der Waals surface area contributed by atoms with Gasteiger partial charge in [0.25, 0.3) is 11.8 Å². The van der Waals surface area contributed by atoms with E-state index in [1.54, 1.807) is 19.1 Å². The van der Waals surface area contributed by atoms with Crippen LogP contribution in [0.25, 0.3) is 0 Å². The van der Waals surface area contributed by atoms with Crippen molar-refractivity contribution in [2.24, 2.45) is 0 Å². The Bertz CT molecular complexity index is 844. The van der Waals surface area contributed by atoms with Crippen LogP contribution >= 0.6 is 11.6 Å².